The van der Waals surface area contributed by atoms with Crippen molar-refractivity contribution in [3.05, 3.63) is 6.33 Å². The SMILES string of the molecule is COC(=O)NC(CSP(=O)(NC(C)C(=O)OC(C)C)OCC1CC(C)(O)C(n2cnc3c(OC)nc(N)nc32)O1)C(=O)OC(C)C. The Labute approximate surface area is 270 Å². The number of methoxy groups -OCH3 is 2. The van der Waals surface area contributed by atoms with Crippen LogP contribution in [0.3, 0.4) is 0 Å². The van der Waals surface area contributed by atoms with Crippen LogP contribution in [0.2, 0.25) is 0 Å². The highest BCUT2D eigenvalue weighted by Crippen LogP contribution is 2.57. The second kappa shape index (κ2) is 15.6. The summed E-state index contributed by atoms with van der Waals surface area (Å²) in [6.45, 7) is 5.22. The van der Waals surface area contributed by atoms with E-state index in [1.165, 1.54) is 24.9 Å². The summed E-state index contributed by atoms with van der Waals surface area (Å²) in [5.41, 5.74) is 4.92. The summed E-state index contributed by atoms with van der Waals surface area (Å²) in [4.78, 5) is 49.7. The molecule has 6 unspecified atom stereocenters. The number of imidazole rings is 1. The molecule has 1 fully saturated rings. The minimum atomic E-state index is -4.05. The van der Waals surface area contributed by atoms with Gasteiger partial charge in [0.25, 0.3) is 0 Å². The van der Waals surface area contributed by atoms with E-state index < -0.39 is 67.0 Å². The van der Waals surface area contributed by atoms with Crippen LogP contribution in [0.1, 0.15) is 54.2 Å². The van der Waals surface area contributed by atoms with Gasteiger partial charge >= 0.3 is 24.8 Å². The first-order valence-corrected chi connectivity index (χ1v) is 17.5. The molecule has 3 heterocycles. The number of carbonyl (C=O) groups excluding carboxylic acids is 3. The average Bonchev–Trinajstić information content (AvgIpc) is 3.51. The van der Waals surface area contributed by atoms with E-state index in [9.17, 15) is 24.1 Å². The lowest BCUT2D eigenvalue weighted by Crippen LogP contribution is -2.44. The molecule has 2 aromatic heterocycles. The maximum absolute atomic E-state index is 14.2. The highest BCUT2D eigenvalue weighted by molar-refractivity contribution is 8.56. The molecule has 1 aliphatic heterocycles. The summed E-state index contributed by atoms with van der Waals surface area (Å²) in [7, 11) is 2.53. The van der Waals surface area contributed by atoms with Crippen molar-refractivity contribution in [2.24, 2.45) is 0 Å². The fourth-order valence-corrected chi connectivity index (χ4v) is 8.27. The zero-order chi connectivity index (χ0) is 34.4. The number of rotatable bonds is 15. The Morgan fingerprint density at radius 1 is 1.17 bits per heavy atom. The number of nitrogen functional groups attached to an aromatic ring is 1. The monoisotopic (exact) mass is 691 g/mol. The summed E-state index contributed by atoms with van der Waals surface area (Å²) >= 11 is 0.659. The minimum Gasteiger partial charge on any atom is -0.479 e. The van der Waals surface area contributed by atoms with E-state index in [1.807, 2.05) is 0 Å². The maximum atomic E-state index is 14.2. The van der Waals surface area contributed by atoms with Gasteiger partial charge in [0.1, 0.15) is 17.7 Å². The van der Waals surface area contributed by atoms with E-state index in [-0.39, 0.29) is 36.3 Å². The van der Waals surface area contributed by atoms with Gasteiger partial charge in [-0.2, -0.15) is 9.97 Å². The van der Waals surface area contributed by atoms with E-state index in [0.29, 0.717) is 16.9 Å². The van der Waals surface area contributed by atoms with Gasteiger partial charge in [0, 0.05) is 12.2 Å². The Balaban J connectivity index is 1.82. The first-order chi connectivity index (χ1) is 21.5. The van der Waals surface area contributed by atoms with Crippen LogP contribution in [0.4, 0.5) is 10.7 Å². The number of nitrogens with one attached hydrogen (secondary N) is 2. The zero-order valence-corrected chi connectivity index (χ0v) is 28.6. The van der Waals surface area contributed by atoms with Crippen LogP contribution in [-0.4, -0.2) is 105 Å². The Hall–Kier alpha value is -3.22. The molecule has 5 N–H and O–H groups in total. The number of alkyl carbamates (subject to hydrolysis) is 1. The zero-order valence-electron chi connectivity index (χ0n) is 26.9. The molecule has 20 heteroatoms. The van der Waals surface area contributed by atoms with Gasteiger partial charge in [-0.25, -0.2) is 19.7 Å². The lowest BCUT2D eigenvalue weighted by Gasteiger charge is -2.26. The van der Waals surface area contributed by atoms with Gasteiger partial charge in [0.05, 0.1) is 45.5 Å². The van der Waals surface area contributed by atoms with E-state index in [4.69, 9.17) is 29.2 Å². The molecule has 1 saturated heterocycles. The van der Waals surface area contributed by atoms with Crippen LogP contribution in [0.5, 0.6) is 5.88 Å². The van der Waals surface area contributed by atoms with Crippen molar-refractivity contribution in [2.75, 3.05) is 32.3 Å². The number of aromatic nitrogens is 4. The van der Waals surface area contributed by atoms with Gasteiger partial charge in [0.15, 0.2) is 17.4 Å². The predicted molar refractivity (Wildman–Crippen MR) is 166 cm³/mol. The number of ether oxygens (including phenoxy) is 5. The third kappa shape index (κ3) is 9.65. The third-order valence-electron chi connectivity index (χ3n) is 6.36. The normalized spacial score (nSPS) is 22.3. The molecule has 258 valence electrons. The van der Waals surface area contributed by atoms with Gasteiger partial charge in [-0.1, -0.05) is 11.4 Å². The van der Waals surface area contributed by atoms with Crippen molar-refractivity contribution in [1.29, 1.82) is 0 Å². The Morgan fingerprint density at radius 3 is 2.43 bits per heavy atom. The number of hydrogen-bond donors (Lipinski definition) is 4. The first-order valence-electron chi connectivity index (χ1n) is 14.3. The summed E-state index contributed by atoms with van der Waals surface area (Å²) in [6, 6.07) is -2.36. The highest BCUT2D eigenvalue weighted by Gasteiger charge is 2.47. The number of fused-ring (bicyclic) bond motifs is 1. The molecule has 6 atom stereocenters. The molecule has 0 bridgehead atoms. The van der Waals surface area contributed by atoms with Crippen LogP contribution in [0, 0.1) is 0 Å². The van der Waals surface area contributed by atoms with E-state index >= 15 is 0 Å². The average molecular weight is 692 g/mol. The smallest absolute Gasteiger partial charge is 0.407 e. The molecule has 1 aliphatic rings. The third-order valence-corrected chi connectivity index (χ3v) is 10.5. The summed E-state index contributed by atoms with van der Waals surface area (Å²) in [6.07, 6.45) is -2.21. The molecule has 1 amide bonds. The molecule has 18 nitrogen and oxygen atoms in total. The Kier molecular flexibility index (Phi) is 12.6. The number of amides is 1. The number of nitrogens with zero attached hydrogens (tertiary/aromatic N) is 4. The quantitative estimate of drug-likeness (QED) is 0.118. The predicted octanol–water partition coefficient (Wildman–Crippen LogP) is 1.92. The number of aliphatic hydroxyl groups is 1. The number of nitrogens with two attached hydrogens (primary N) is 1. The molecule has 0 spiro atoms. The fourth-order valence-electron chi connectivity index (χ4n) is 4.40. The number of anilines is 1. The first kappa shape index (κ1) is 37.2. The van der Waals surface area contributed by atoms with E-state index in [0.717, 1.165) is 7.11 Å². The van der Waals surface area contributed by atoms with Gasteiger partial charge in [-0.3, -0.25) is 13.9 Å². The Bertz CT molecular complexity index is 1440. The number of carbonyl (C=O) groups is 3. The molecule has 2 aromatic rings. The number of esters is 2. The van der Waals surface area contributed by atoms with Gasteiger partial charge in [-0.15, -0.1) is 0 Å². The molecule has 0 radical (unpaired) electrons. The van der Waals surface area contributed by atoms with Crippen molar-refractivity contribution >= 4 is 53.2 Å². The van der Waals surface area contributed by atoms with E-state index in [2.05, 4.69) is 30.1 Å². The summed E-state index contributed by atoms with van der Waals surface area (Å²) < 4.78 is 47.9. The van der Waals surface area contributed by atoms with Crippen molar-refractivity contribution < 1.29 is 52.3 Å². The summed E-state index contributed by atoms with van der Waals surface area (Å²) in [5.74, 6) is -1.70. The van der Waals surface area contributed by atoms with Crippen LogP contribution >= 0.6 is 18.1 Å². The molecule has 0 aliphatic carbocycles. The van der Waals surface area contributed by atoms with Crippen LogP contribution in [0.25, 0.3) is 11.2 Å². The second-order valence-electron chi connectivity index (χ2n) is 11.2. The van der Waals surface area contributed by atoms with E-state index in [1.54, 1.807) is 34.6 Å². The van der Waals surface area contributed by atoms with Crippen molar-refractivity contribution in [3.8, 4) is 5.88 Å². The lowest BCUT2D eigenvalue weighted by atomic mass is 10.0. The van der Waals surface area contributed by atoms with Crippen molar-refractivity contribution in [1.82, 2.24) is 29.9 Å². The second-order valence-corrected chi connectivity index (χ2v) is 15.5. The van der Waals surface area contributed by atoms with Gasteiger partial charge < -0.3 is 44.4 Å². The van der Waals surface area contributed by atoms with Crippen molar-refractivity contribution in [3.63, 3.8) is 0 Å². The van der Waals surface area contributed by atoms with Crippen LogP contribution in [0.15, 0.2) is 6.33 Å². The number of hydrogen-bond acceptors (Lipinski definition) is 16. The Morgan fingerprint density at radius 2 is 1.83 bits per heavy atom. The van der Waals surface area contributed by atoms with Crippen molar-refractivity contribution in [2.45, 2.75) is 90.2 Å². The van der Waals surface area contributed by atoms with Crippen LogP contribution in [-0.2, 0) is 37.6 Å². The fraction of sp³-hybridized carbons (Fsp3) is 0.692. The minimum absolute atomic E-state index is 0.0396. The van der Waals surface area contributed by atoms with Gasteiger partial charge in [0.2, 0.25) is 11.8 Å². The highest BCUT2D eigenvalue weighted by atomic mass is 32.7. The lowest BCUT2D eigenvalue weighted by molar-refractivity contribution is -0.150. The molecule has 0 aromatic carbocycles. The molecule has 3 rings (SSSR count). The molecular formula is C26H42N7O11PS. The molecule has 0 saturated carbocycles. The topological polar surface area (TPSA) is 238 Å². The molecular weight excluding hydrogens is 649 g/mol. The largest absolute Gasteiger partial charge is 0.479 e. The van der Waals surface area contributed by atoms with Gasteiger partial charge in [-0.05, 0) is 41.5 Å². The van der Waals surface area contributed by atoms with Crippen LogP contribution < -0.4 is 20.9 Å². The summed E-state index contributed by atoms with van der Waals surface area (Å²) in [5, 5.41) is 16.3. The standard InChI is InChI=1S/C26H42N7O11PS/c1-13(2)42-21(34)15(5)32-45(38,46-11-17(29-25(36)40-8)22(35)43-14(3)4)41-10-16-9-26(6,37)23(44-16)33-12-28-18-19(33)30-24(27)31-20(18)39-7/h12-17,23,37H,9-11H2,1-8H3,(H,29,36)(H,32,38)(H2,27,30,31). The maximum Gasteiger partial charge on any atom is 0.407 e. The molecule has 46 heavy (non-hydrogen) atoms.